The number of unbranched alkanes of at least 4 members (excludes halogenated alkanes) is 6. The van der Waals surface area contributed by atoms with Crippen LogP contribution in [-0.2, 0) is 12.8 Å². The van der Waals surface area contributed by atoms with E-state index < -0.39 is 11.9 Å². The Morgan fingerprint density at radius 1 is 0.870 bits per heavy atom. The van der Waals surface area contributed by atoms with Crippen LogP contribution in [0.3, 0.4) is 0 Å². The van der Waals surface area contributed by atoms with Crippen molar-refractivity contribution in [1.82, 2.24) is 0 Å². The second-order valence-electron chi connectivity index (χ2n) is 5.96. The molecule has 0 aliphatic rings. The molecule has 2 N–H and O–H groups in total. The van der Waals surface area contributed by atoms with Crippen LogP contribution in [-0.4, -0.2) is 22.2 Å². The van der Waals surface area contributed by atoms with Crippen molar-refractivity contribution in [2.75, 3.05) is 0 Å². The SMILES string of the molecule is CCCCCCCCCc1ccc(C(=O)O)c(C(=O)O)c1CC. The molecule has 4 heteroatoms. The predicted octanol–water partition coefficient (Wildman–Crippen LogP) is 4.94. The van der Waals surface area contributed by atoms with Crippen molar-refractivity contribution in [3.05, 3.63) is 34.4 Å². The van der Waals surface area contributed by atoms with E-state index in [-0.39, 0.29) is 11.1 Å². The summed E-state index contributed by atoms with van der Waals surface area (Å²) in [6.45, 7) is 4.08. The smallest absolute Gasteiger partial charge is 0.336 e. The molecule has 1 aromatic rings. The average Bonchev–Trinajstić information content (AvgIpc) is 2.52. The van der Waals surface area contributed by atoms with Crippen molar-refractivity contribution in [3.8, 4) is 0 Å². The van der Waals surface area contributed by atoms with Crippen LogP contribution in [0.5, 0.6) is 0 Å². The number of hydrogen-bond acceptors (Lipinski definition) is 2. The lowest BCUT2D eigenvalue weighted by Crippen LogP contribution is -2.13. The summed E-state index contributed by atoms with van der Waals surface area (Å²) in [4.78, 5) is 22.7. The van der Waals surface area contributed by atoms with Crippen molar-refractivity contribution < 1.29 is 19.8 Å². The van der Waals surface area contributed by atoms with Crippen LogP contribution in [0.25, 0.3) is 0 Å². The Balaban J connectivity index is 2.74. The van der Waals surface area contributed by atoms with E-state index >= 15 is 0 Å². The molecule has 0 aliphatic carbocycles. The van der Waals surface area contributed by atoms with Gasteiger partial charge in [-0.25, -0.2) is 9.59 Å². The van der Waals surface area contributed by atoms with E-state index in [9.17, 15) is 19.8 Å². The van der Waals surface area contributed by atoms with Gasteiger partial charge in [-0.1, -0.05) is 58.4 Å². The molecule has 0 fully saturated rings. The van der Waals surface area contributed by atoms with Crippen LogP contribution in [0.15, 0.2) is 12.1 Å². The fraction of sp³-hybridized carbons (Fsp3) is 0.579. The summed E-state index contributed by atoms with van der Waals surface area (Å²) in [7, 11) is 0. The van der Waals surface area contributed by atoms with Crippen LogP contribution >= 0.6 is 0 Å². The zero-order valence-electron chi connectivity index (χ0n) is 14.2. The molecule has 4 nitrogen and oxygen atoms in total. The maximum atomic E-state index is 11.5. The van der Waals surface area contributed by atoms with Gasteiger partial charge in [0.15, 0.2) is 0 Å². The summed E-state index contributed by atoms with van der Waals surface area (Å²) in [5.74, 6) is -2.33. The first-order valence-electron chi connectivity index (χ1n) is 8.64. The van der Waals surface area contributed by atoms with Gasteiger partial charge in [-0.2, -0.15) is 0 Å². The zero-order chi connectivity index (χ0) is 17.2. The first kappa shape index (κ1) is 19.2. The number of carbonyl (C=O) groups is 2. The predicted molar refractivity (Wildman–Crippen MR) is 91.4 cm³/mol. The standard InChI is InChI=1S/C19H28O4/c1-3-5-6-7-8-9-10-11-14-12-13-16(18(20)21)17(19(22)23)15(14)4-2/h12-13H,3-11H2,1-2H3,(H,20,21)(H,22,23). The van der Waals surface area contributed by atoms with E-state index in [2.05, 4.69) is 6.92 Å². The molecule has 0 saturated carbocycles. The molecule has 0 heterocycles. The Morgan fingerprint density at radius 3 is 2.00 bits per heavy atom. The number of carboxylic acids is 2. The number of aromatic carboxylic acids is 2. The van der Waals surface area contributed by atoms with Crippen LogP contribution in [0.1, 0.15) is 90.6 Å². The van der Waals surface area contributed by atoms with Crippen molar-refractivity contribution in [2.45, 2.75) is 71.6 Å². The Labute approximate surface area is 138 Å². The Morgan fingerprint density at radius 2 is 1.48 bits per heavy atom. The molecule has 0 amide bonds. The molecule has 0 aliphatic heterocycles. The van der Waals surface area contributed by atoms with E-state index in [0.29, 0.717) is 12.0 Å². The molecule has 0 saturated heterocycles. The van der Waals surface area contributed by atoms with E-state index in [1.54, 1.807) is 6.07 Å². The third-order valence-electron chi connectivity index (χ3n) is 4.26. The number of carboxylic acid groups (broad SMARTS) is 2. The number of hydrogen-bond donors (Lipinski definition) is 2. The summed E-state index contributed by atoms with van der Waals surface area (Å²) in [5, 5.41) is 18.6. The molecule has 1 aromatic carbocycles. The fourth-order valence-electron chi connectivity index (χ4n) is 3.02. The molecule has 0 unspecified atom stereocenters. The molecule has 0 radical (unpaired) electrons. The van der Waals surface area contributed by atoms with Crippen LogP contribution in [0, 0.1) is 0 Å². The quantitative estimate of drug-likeness (QED) is 0.566. The highest BCUT2D eigenvalue weighted by molar-refractivity contribution is 6.03. The number of rotatable bonds is 11. The lowest BCUT2D eigenvalue weighted by atomic mass is 9.91. The summed E-state index contributed by atoms with van der Waals surface area (Å²) in [6, 6.07) is 3.22. The third kappa shape index (κ3) is 5.70. The van der Waals surface area contributed by atoms with Gasteiger partial charge in [0.25, 0.3) is 0 Å². The van der Waals surface area contributed by atoms with Gasteiger partial charge in [0.1, 0.15) is 0 Å². The first-order chi connectivity index (χ1) is 11.0. The van der Waals surface area contributed by atoms with Crippen molar-refractivity contribution in [1.29, 1.82) is 0 Å². The van der Waals surface area contributed by atoms with Gasteiger partial charge >= 0.3 is 11.9 Å². The Bertz CT molecular complexity index is 534. The molecule has 0 spiro atoms. The topological polar surface area (TPSA) is 74.6 Å². The Kier molecular flexibility index (Phi) is 8.38. The summed E-state index contributed by atoms with van der Waals surface area (Å²) in [5.41, 5.74) is 1.49. The van der Waals surface area contributed by atoms with Crippen molar-refractivity contribution in [2.24, 2.45) is 0 Å². The first-order valence-corrected chi connectivity index (χ1v) is 8.64. The monoisotopic (exact) mass is 320 g/mol. The van der Waals surface area contributed by atoms with Crippen molar-refractivity contribution in [3.63, 3.8) is 0 Å². The fourth-order valence-corrected chi connectivity index (χ4v) is 3.02. The van der Waals surface area contributed by atoms with Crippen molar-refractivity contribution >= 4 is 11.9 Å². The van der Waals surface area contributed by atoms with E-state index in [1.807, 2.05) is 6.92 Å². The van der Waals surface area contributed by atoms with Gasteiger partial charge in [-0.3, -0.25) is 0 Å². The largest absolute Gasteiger partial charge is 0.478 e. The minimum absolute atomic E-state index is 0.0413. The van der Waals surface area contributed by atoms with E-state index in [0.717, 1.165) is 24.8 Å². The summed E-state index contributed by atoms with van der Waals surface area (Å²) >= 11 is 0. The maximum absolute atomic E-state index is 11.5. The molecule has 128 valence electrons. The van der Waals surface area contributed by atoms with E-state index in [1.165, 1.54) is 38.2 Å². The summed E-state index contributed by atoms with van der Waals surface area (Å²) in [6.07, 6.45) is 9.79. The van der Waals surface area contributed by atoms with E-state index in [4.69, 9.17) is 0 Å². The molecule has 1 rings (SSSR count). The highest BCUT2D eigenvalue weighted by Gasteiger charge is 2.21. The van der Waals surface area contributed by atoms with Gasteiger partial charge in [0.2, 0.25) is 0 Å². The summed E-state index contributed by atoms with van der Waals surface area (Å²) < 4.78 is 0. The molecule has 0 bridgehead atoms. The molecule has 23 heavy (non-hydrogen) atoms. The van der Waals surface area contributed by atoms with Crippen LogP contribution in [0.4, 0.5) is 0 Å². The highest BCUT2D eigenvalue weighted by atomic mass is 16.4. The second kappa shape index (κ2) is 10.0. The third-order valence-corrected chi connectivity index (χ3v) is 4.26. The molecule has 0 atom stereocenters. The Hall–Kier alpha value is -1.84. The molecule has 0 aromatic heterocycles. The highest BCUT2D eigenvalue weighted by Crippen LogP contribution is 2.23. The second-order valence-corrected chi connectivity index (χ2v) is 5.96. The van der Waals surface area contributed by atoms with Gasteiger partial charge < -0.3 is 10.2 Å². The minimum atomic E-state index is -1.18. The number of aryl methyl sites for hydroxylation is 1. The van der Waals surface area contributed by atoms with Gasteiger partial charge in [0.05, 0.1) is 11.1 Å². The zero-order valence-corrected chi connectivity index (χ0v) is 14.2. The van der Waals surface area contributed by atoms with Gasteiger partial charge in [0, 0.05) is 0 Å². The average molecular weight is 320 g/mol. The normalized spacial score (nSPS) is 10.7. The molecular weight excluding hydrogens is 292 g/mol. The lowest BCUT2D eigenvalue weighted by molar-refractivity contribution is 0.0650. The van der Waals surface area contributed by atoms with Crippen LogP contribution in [0.2, 0.25) is 0 Å². The minimum Gasteiger partial charge on any atom is -0.478 e. The molecular formula is C19H28O4. The maximum Gasteiger partial charge on any atom is 0.336 e. The lowest BCUT2D eigenvalue weighted by Gasteiger charge is -2.13. The van der Waals surface area contributed by atoms with Crippen LogP contribution < -0.4 is 0 Å². The number of benzene rings is 1. The van der Waals surface area contributed by atoms with Gasteiger partial charge in [-0.05, 0) is 36.5 Å². The van der Waals surface area contributed by atoms with Gasteiger partial charge in [-0.15, -0.1) is 0 Å².